The van der Waals surface area contributed by atoms with Gasteiger partial charge in [-0.05, 0) is 39.2 Å². The molecular formula is C17H25N5OS. The molecule has 0 spiro atoms. The third kappa shape index (κ3) is 4.02. The van der Waals surface area contributed by atoms with Gasteiger partial charge >= 0.3 is 0 Å². The molecule has 7 heteroatoms. The maximum absolute atomic E-state index is 12.3. The fourth-order valence-corrected chi connectivity index (χ4v) is 4.34. The number of fused-ring (bicyclic) bond motifs is 1. The van der Waals surface area contributed by atoms with Gasteiger partial charge in [-0.1, -0.05) is 6.92 Å². The van der Waals surface area contributed by atoms with E-state index >= 15 is 0 Å². The zero-order valence-electron chi connectivity index (χ0n) is 14.8. The highest BCUT2D eigenvalue weighted by Crippen LogP contribution is 2.32. The van der Waals surface area contributed by atoms with Crippen LogP contribution < -0.4 is 5.32 Å². The Kier molecular flexibility index (Phi) is 5.01. The molecule has 1 aliphatic carbocycles. The fraction of sp³-hybridized carbons (Fsp3) is 0.588. The highest BCUT2D eigenvalue weighted by Gasteiger charge is 2.20. The van der Waals surface area contributed by atoms with E-state index in [1.54, 1.807) is 16.0 Å². The molecule has 2 aromatic heterocycles. The maximum atomic E-state index is 12.3. The molecule has 2 aromatic rings. The summed E-state index contributed by atoms with van der Waals surface area (Å²) in [5.41, 5.74) is 3.32. The van der Waals surface area contributed by atoms with E-state index in [0.29, 0.717) is 13.1 Å². The summed E-state index contributed by atoms with van der Waals surface area (Å²) in [4.78, 5) is 20.2. The van der Waals surface area contributed by atoms with Crippen molar-refractivity contribution in [2.45, 2.75) is 39.7 Å². The Morgan fingerprint density at radius 3 is 3.04 bits per heavy atom. The van der Waals surface area contributed by atoms with E-state index in [1.165, 1.54) is 17.0 Å². The number of aromatic nitrogens is 3. The first-order chi connectivity index (χ1) is 11.4. The highest BCUT2D eigenvalue weighted by atomic mass is 32.1. The molecule has 130 valence electrons. The van der Waals surface area contributed by atoms with Gasteiger partial charge in [0, 0.05) is 30.2 Å². The van der Waals surface area contributed by atoms with Crippen molar-refractivity contribution < 1.29 is 4.79 Å². The minimum atomic E-state index is -0.0156. The van der Waals surface area contributed by atoms with Crippen molar-refractivity contribution in [2.24, 2.45) is 13.0 Å². The number of nitrogens with zero attached hydrogens (tertiary/aromatic N) is 4. The first-order valence-corrected chi connectivity index (χ1v) is 9.18. The van der Waals surface area contributed by atoms with E-state index in [0.717, 1.165) is 35.1 Å². The Labute approximate surface area is 146 Å². The van der Waals surface area contributed by atoms with Crippen LogP contribution in [0.25, 0.3) is 0 Å². The second-order valence-corrected chi connectivity index (χ2v) is 7.95. The predicted octanol–water partition coefficient (Wildman–Crippen LogP) is 2.38. The molecule has 1 atom stereocenters. The highest BCUT2D eigenvalue weighted by molar-refractivity contribution is 7.15. The van der Waals surface area contributed by atoms with Crippen LogP contribution in [-0.4, -0.2) is 39.2 Å². The summed E-state index contributed by atoms with van der Waals surface area (Å²) in [6.45, 7) is 5.31. The number of hydrogen-bond acceptors (Lipinski definition) is 5. The second kappa shape index (κ2) is 7.03. The zero-order chi connectivity index (χ0) is 17.3. The van der Waals surface area contributed by atoms with Gasteiger partial charge in [0.25, 0.3) is 0 Å². The lowest BCUT2D eigenvalue weighted by atomic mass is 9.93. The molecule has 1 aliphatic rings. The number of carbonyl (C=O) groups excluding carboxylic acids is 1. The van der Waals surface area contributed by atoms with Crippen LogP contribution in [0.1, 0.15) is 35.2 Å². The summed E-state index contributed by atoms with van der Waals surface area (Å²) in [7, 11) is 3.86. The van der Waals surface area contributed by atoms with Crippen LogP contribution >= 0.6 is 11.3 Å². The molecule has 1 amide bonds. The molecule has 0 bridgehead atoms. The van der Waals surface area contributed by atoms with Gasteiger partial charge in [-0.2, -0.15) is 5.10 Å². The lowest BCUT2D eigenvalue weighted by Crippen LogP contribution is -2.29. The smallest absolute Gasteiger partial charge is 0.240 e. The SMILES string of the molecule is Cc1nn(C)cc1CN(C)CC(=O)Nc1nc2c(s1)C[C@H](C)CC2. The van der Waals surface area contributed by atoms with Crippen LogP contribution in [0.5, 0.6) is 0 Å². The van der Waals surface area contributed by atoms with Crippen molar-refractivity contribution >= 4 is 22.4 Å². The largest absolute Gasteiger partial charge is 0.301 e. The van der Waals surface area contributed by atoms with E-state index in [4.69, 9.17) is 0 Å². The van der Waals surface area contributed by atoms with E-state index in [9.17, 15) is 4.79 Å². The van der Waals surface area contributed by atoms with Crippen molar-refractivity contribution in [1.82, 2.24) is 19.7 Å². The molecule has 0 saturated heterocycles. The molecule has 0 fully saturated rings. The number of thiazole rings is 1. The molecule has 0 aliphatic heterocycles. The molecule has 1 N–H and O–H groups in total. The minimum Gasteiger partial charge on any atom is -0.301 e. The quantitative estimate of drug-likeness (QED) is 0.902. The predicted molar refractivity (Wildman–Crippen MR) is 96.2 cm³/mol. The van der Waals surface area contributed by atoms with E-state index in [2.05, 4.69) is 22.3 Å². The van der Waals surface area contributed by atoms with Crippen molar-refractivity contribution in [3.63, 3.8) is 0 Å². The summed E-state index contributed by atoms with van der Waals surface area (Å²) < 4.78 is 1.81. The number of rotatable bonds is 5. The first-order valence-electron chi connectivity index (χ1n) is 8.37. The molecule has 3 rings (SSSR count). The Balaban J connectivity index is 1.54. The van der Waals surface area contributed by atoms with Gasteiger partial charge in [0.05, 0.1) is 17.9 Å². The lowest BCUT2D eigenvalue weighted by Gasteiger charge is -2.15. The number of anilines is 1. The van der Waals surface area contributed by atoms with Crippen LogP contribution in [0.2, 0.25) is 0 Å². The third-order valence-corrected chi connectivity index (χ3v) is 5.44. The number of hydrogen-bond donors (Lipinski definition) is 1. The molecular weight excluding hydrogens is 322 g/mol. The van der Waals surface area contributed by atoms with E-state index in [-0.39, 0.29) is 5.91 Å². The summed E-state index contributed by atoms with van der Waals surface area (Å²) in [6, 6.07) is 0. The van der Waals surface area contributed by atoms with Gasteiger partial charge in [-0.25, -0.2) is 4.98 Å². The van der Waals surface area contributed by atoms with E-state index < -0.39 is 0 Å². The summed E-state index contributed by atoms with van der Waals surface area (Å²) >= 11 is 1.63. The summed E-state index contributed by atoms with van der Waals surface area (Å²) in [6.07, 6.45) is 5.31. The van der Waals surface area contributed by atoms with Crippen molar-refractivity contribution in [2.75, 3.05) is 18.9 Å². The zero-order valence-corrected chi connectivity index (χ0v) is 15.6. The maximum Gasteiger partial charge on any atom is 0.240 e. The van der Waals surface area contributed by atoms with E-state index in [1.807, 2.05) is 32.1 Å². The van der Waals surface area contributed by atoms with Crippen LogP contribution in [0.15, 0.2) is 6.20 Å². The fourth-order valence-electron chi connectivity index (χ4n) is 3.15. The molecule has 0 saturated carbocycles. The number of likely N-dealkylation sites (N-methyl/N-ethyl adjacent to an activating group) is 1. The summed E-state index contributed by atoms with van der Waals surface area (Å²) in [5.74, 6) is 0.702. The lowest BCUT2D eigenvalue weighted by molar-refractivity contribution is -0.117. The van der Waals surface area contributed by atoms with Gasteiger partial charge in [0.2, 0.25) is 5.91 Å². The van der Waals surface area contributed by atoms with Gasteiger partial charge in [0.15, 0.2) is 5.13 Å². The van der Waals surface area contributed by atoms with Crippen LogP contribution in [0, 0.1) is 12.8 Å². The molecule has 6 nitrogen and oxygen atoms in total. The molecule has 0 aromatic carbocycles. The monoisotopic (exact) mass is 347 g/mol. The first kappa shape index (κ1) is 17.1. The topological polar surface area (TPSA) is 63.1 Å². The normalized spacial score (nSPS) is 17.1. The Morgan fingerprint density at radius 2 is 2.33 bits per heavy atom. The van der Waals surface area contributed by atoms with Crippen molar-refractivity contribution in [1.29, 1.82) is 0 Å². The average Bonchev–Trinajstić information content (AvgIpc) is 3.00. The minimum absolute atomic E-state index is 0.0156. The van der Waals surface area contributed by atoms with Crippen LogP contribution in [0.3, 0.4) is 0 Å². The number of nitrogens with one attached hydrogen (secondary N) is 1. The van der Waals surface area contributed by atoms with Gasteiger partial charge in [0.1, 0.15) is 0 Å². The molecule has 0 radical (unpaired) electrons. The van der Waals surface area contributed by atoms with Crippen LogP contribution in [-0.2, 0) is 31.2 Å². The van der Waals surface area contributed by atoms with Crippen LogP contribution in [0.4, 0.5) is 5.13 Å². The Hall–Kier alpha value is -1.73. The number of carbonyl (C=O) groups is 1. The number of amides is 1. The van der Waals surface area contributed by atoms with Crippen molar-refractivity contribution in [3.05, 3.63) is 28.0 Å². The van der Waals surface area contributed by atoms with Crippen molar-refractivity contribution in [3.8, 4) is 0 Å². The Morgan fingerprint density at radius 1 is 1.54 bits per heavy atom. The molecule has 2 heterocycles. The second-order valence-electron chi connectivity index (χ2n) is 6.87. The van der Waals surface area contributed by atoms with Gasteiger partial charge < -0.3 is 5.32 Å². The number of aryl methyl sites for hydroxylation is 3. The third-order valence-electron chi connectivity index (χ3n) is 4.40. The molecule has 0 unspecified atom stereocenters. The molecule has 24 heavy (non-hydrogen) atoms. The summed E-state index contributed by atoms with van der Waals surface area (Å²) in [5, 5.41) is 8.03. The Bertz CT molecular complexity index is 735. The standard InChI is InChI=1S/C17H25N5OS/c1-11-5-6-14-15(7-11)24-17(18-14)19-16(23)10-21(3)8-13-9-22(4)20-12(13)2/h9,11H,5-8,10H2,1-4H3,(H,18,19,23)/t11-/m1/s1. The van der Waals surface area contributed by atoms with Gasteiger partial charge in [-0.15, -0.1) is 11.3 Å². The van der Waals surface area contributed by atoms with Gasteiger partial charge in [-0.3, -0.25) is 14.4 Å². The average molecular weight is 347 g/mol.